The van der Waals surface area contributed by atoms with E-state index in [9.17, 15) is 9.18 Å². The number of aromatic nitrogens is 2. The second-order valence-electron chi connectivity index (χ2n) is 5.91. The second kappa shape index (κ2) is 8.19. The molecule has 0 fully saturated rings. The number of para-hydroxylation sites is 2. The maximum atomic E-state index is 13.0. The molecule has 0 bridgehead atoms. The Morgan fingerprint density at radius 1 is 1.31 bits per heavy atom. The first-order valence-electron chi connectivity index (χ1n) is 8.32. The Bertz CT molecular complexity index is 920. The number of halogens is 1. The molecule has 0 radical (unpaired) electrons. The van der Waals surface area contributed by atoms with Crippen LogP contribution in [0.15, 0.2) is 66.3 Å². The molecule has 1 heterocycles. The highest BCUT2D eigenvalue weighted by molar-refractivity contribution is 7.99. The van der Waals surface area contributed by atoms with E-state index in [1.807, 2.05) is 41.8 Å². The first-order valence-corrected chi connectivity index (χ1v) is 9.31. The number of nitrogens with one attached hydrogen (secondary N) is 1. The SMILES string of the molecule is C=CCn1c(SCC(=O)N[C@H](C)c2ccc(F)cc2)nc2ccccc21. The van der Waals surface area contributed by atoms with Crippen LogP contribution >= 0.6 is 11.8 Å². The van der Waals surface area contributed by atoms with Gasteiger partial charge in [-0.2, -0.15) is 0 Å². The topological polar surface area (TPSA) is 46.9 Å². The molecular weight excluding hydrogens is 349 g/mol. The minimum absolute atomic E-state index is 0.0935. The van der Waals surface area contributed by atoms with E-state index < -0.39 is 0 Å². The Hall–Kier alpha value is -2.60. The maximum absolute atomic E-state index is 13.0. The van der Waals surface area contributed by atoms with Crippen LogP contribution in [-0.4, -0.2) is 21.2 Å². The van der Waals surface area contributed by atoms with E-state index in [-0.39, 0.29) is 23.5 Å². The van der Waals surface area contributed by atoms with Gasteiger partial charge in [-0.3, -0.25) is 4.79 Å². The van der Waals surface area contributed by atoms with Gasteiger partial charge in [0, 0.05) is 6.54 Å². The van der Waals surface area contributed by atoms with Crippen molar-refractivity contribution in [2.45, 2.75) is 24.7 Å². The maximum Gasteiger partial charge on any atom is 0.230 e. The van der Waals surface area contributed by atoms with Gasteiger partial charge in [0.25, 0.3) is 0 Å². The molecule has 3 rings (SSSR count). The van der Waals surface area contributed by atoms with Crippen molar-refractivity contribution < 1.29 is 9.18 Å². The predicted octanol–water partition coefficient (Wildman–Crippen LogP) is 4.33. The van der Waals surface area contributed by atoms with E-state index in [0.717, 1.165) is 21.8 Å². The Kier molecular flexibility index (Phi) is 5.73. The zero-order valence-corrected chi connectivity index (χ0v) is 15.3. The van der Waals surface area contributed by atoms with Crippen LogP contribution in [0.1, 0.15) is 18.5 Å². The molecule has 1 atom stereocenters. The summed E-state index contributed by atoms with van der Waals surface area (Å²) in [6.07, 6.45) is 1.81. The molecule has 0 aliphatic rings. The fraction of sp³-hybridized carbons (Fsp3) is 0.200. The third kappa shape index (κ3) is 4.14. The Morgan fingerprint density at radius 3 is 2.77 bits per heavy atom. The average molecular weight is 369 g/mol. The Balaban J connectivity index is 1.65. The fourth-order valence-corrected chi connectivity index (χ4v) is 3.55. The largest absolute Gasteiger partial charge is 0.349 e. The van der Waals surface area contributed by atoms with Gasteiger partial charge in [0.15, 0.2) is 5.16 Å². The van der Waals surface area contributed by atoms with Crippen LogP contribution in [0.5, 0.6) is 0 Å². The summed E-state index contributed by atoms with van der Waals surface area (Å²) < 4.78 is 15.0. The molecule has 1 amide bonds. The van der Waals surface area contributed by atoms with Crippen LogP contribution in [0.4, 0.5) is 4.39 Å². The summed E-state index contributed by atoms with van der Waals surface area (Å²) in [5, 5.41) is 3.72. The highest BCUT2D eigenvalue weighted by atomic mass is 32.2. The van der Waals surface area contributed by atoms with Gasteiger partial charge >= 0.3 is 0 Å². The van der Waals surface area contributed by atoms with Gasteiger partial charge in [0.1, 0.15) is 5.82 Å². The molecule has 134 valence electrons. The van der Waals surface area contributed by atoms with Gasteiger partial charge in [-0.1, -0.05) is 42.1 Å². The molecule has 0 unspecified atom stereocenters. The molecule has 3 aromatic rings. The van der Waals surface area contributed by atoms with Crippen molar-refractivity contribution in [1.29, 1.82) is 0 Å². The molecule has 26 heavy (non-hydrogen) atoms. The number of rotatable bonds is 7. The Labute approximate surface area is 156 Å². The number of hydrogen-bond acceptors (Lipinski definition) is 3. The number of carbonyl (C=O) groups is 1. The van der Waals surface area contributed by atoms with Gasteiger partial charge in [-0.05, 0) is 36.8 Å². The number of allylic oxidation sites excluding steroid dienone is 1. The standard InChI is InChI=1S/C20H20FN3OS/c1-3-12-24-18-7-5-4-6-17(18)23-20(24)26-13-19(25)22-14(2)15-8-10-16(21)11-9-15/h3-11,14H,1,12-13H2,2H3,(H,22,25)/t14-/m1/s1. The van der Waals surface area contributed by atoms with Gasteiger partial charge in [-0.15, -0.1) is 6.58 Å². The predicted molar refractivity (Wildman–Crippen MR) is 104 cm³/mol. The lowest BCUT2D eigenvalue weighted by molar-refractivity contribution is -0.119. The van der Waals surface area contributed by atoms with Crippen molar-refractivity contribution in [2.24, 2.45) is 0 Å². The number of hydrogen-bond donors (Lipinski definition) is 1. The number of imidazole rings is 1. The normalized spacial score (nSPS) is 12.1. The Morgan fingerprint density at radius 2 is 2.04 bits per heavy atom. The highest BCUT2D eigenvalue weighted by Crippen LogP contribution is 2.24. The molecule has 0 spiro atoms. The van der Waals surface area contributed by atoms with E-state index in [1.165, 1.54) is 23.9 Å². The number of benzene rings is 2. The van der Waals surface area contributed by atoms with Crippen LogP contribution in [-0.2, 0) is 11.3 Å². The summed E-state index contributed by atoms with van der Waals surface area (Å²) in [6, 6.07) is 13.8. The molecule has 2 aromatic carbocycles. The van der Waals surface area contributed by atoms with Crippen molar-refractivity contribution in [3.05, 3.63) is 72.6 Å². The minimum Gasteiger partial charge on any atom is -0.349 e. The summed E-state index contributed by atoms with van der Waals surface area (Å²) in [7, 11) is 0. The van der Waals surface area contributed by atoms with Crippen LogP contribution in [0.3, 0.4) is 0 Å². The molecular formula is C20H20FN3OS. The smallest absolute Gasteiger partial charge is 0.230 e. The van der Waals surface area contributed by atoms with Crippen molar-refractivity contribution in [2.75, 3.05) is 5.75 Å². The van der Waals surface area contributed by atoms with Crippen molar-refractivity contribution >= 4 is 28.7 Å². The van der Waals surface area contributed by atoms with Crippen molar-refractivity contribution in [3.8, 4) is 0 Å². The fourth-order valence-electron chi connectivity index (χ4n) is 2.72. The van der Waals surface area contributed by atoms with Crippen LogP contribution in [0.2, 0.25) is 0 Å². The van der Waals surface area contributed by atoms with Gasteiger partial charge in [-0.25, -0.2) is 9.37 Å². The number of amides is 1. The second-order valence-corrected chi connectivity index (χ2v) is 6.85. The van der Waals surface area contributed by atoms with E-state index >= 15 is 0 Å². The third-order valence-corrected chi connectivity index (χ3v) is 4.99. The van der Waals surface area contributed by atoms with Crippen LogP contribution in [0.25, 0.3) is 11.0 Å². The summed E-state index contributed by atoms with van der Waals surface area (Å²) in [6.45, 7) is 6.31. The summed E-state index contributed by atoms with van der Waals surface area (Å²) in [5.41, 5.74) is 2.79. The first kappa shape index (κ1) is 18.2. The first-order chi connectivity index (χ1) is 12.6. The molecule has 6 heteroatoms. The number of nitrogens with zero attached hydrogens (tertiary/aromatic N) is 2. The monoisotopic (exact) mass is 369 g/mol. The van der Waals surface area contributed by atoms with Crippen molar-refractivity contribution in [1.82, 2.24) is 14.9 Å². The van der Waals surface area contributed by atoms with Gasteiger partial charge in [0.05, 0.1) is 22.8 Å². The van der Waals surface area contributed by atoms with E-state index in [4.69, 9.17) is 0 Å². The van der Waals surface area contributed by atoms with E-state index in [0.29, 0.717) is 6.54 Å². The lowest BCUT2D eigenvalue weighted by Crippen LogP contribution is -2.28. The highest BCUT2D eigenvalue weighted by Gasteiger charge is 2.14. The number of thioether (sulfide) groups is 1. The summed E-state index contributed by atoms with van der Waals surface area (Å²) in [5.74, 6) is -0.126. The average Bonchev–Trinajstić information content (AvgIpc) is 2.99. The zero-order chi connectivity index (χ0) is 18.5. The third-order valence-electron chi connectivity index (χ3n) is 4.01. The quantitative estimate of drug-likeness (QED) is 0.498. The lowest BCUT2D eigenvalue weighted by Gasteiger charge is -2.14. The molecule has 0 aliphatic carbocycles. The molecule has 1 aromatic heterocycles. The lowest BCUT2D eigenvalue weighted by atomic mass is 10.1. The zero-order valence-electron chi connectivity index (χ0n) is 14.5. The number of carbonyl (C=O) groups excluding carboxylic acids is 1. The molecule has 0 aliphatic heterocycles. The minimum atomic E-state index is -0.288. The van der Waals surface area contributed by atoms with Crippen molar-refractivity contribution in [3.63, 3.8) is 0 Å². The molecule has 1 N–H and O–H groups in total. The van der Waals surface area contributed by atoms with Crippen LogP contribution < -0.4 is 5.32 Å². The summed E-state index contributed by atoms with van der Waals surface area (Å²) >= 11 is 1.39. The van der Waals surface area contributed by atoms with Crippen LogP contribution in [0, 0.1) is 5.82 Å². The summed E-state index contributed by atoms with van der Waals surface area (Å²) in [4.78, 5) is 16.9. The van der Waals surface area contributed by atoms with Gasteiger partial charge < -0.3 is 9.88 Å². The van der Waals surface area contributed by atoms with E-state index in [1.54, 1.807) is 12.1 Å². The number of fused-ring (bicyclic) bond motifs is 1. The van der Waals surface area contributed by atoms with E-state index in [2.05, 4.69) is 16.9 Å². The molecule has 4 nitrogen and oxygen atoms in total. The molecule has 0 saturated heterocycles. The molecule has 0 saturated carbocycles. The van der Waals surface area contributed by atoms with Gasteiger partial charge in [0.2, 0.25) is 5.91 Å².